The SMILES string of the molecule is Cc1ccc(Oc2ccc(N(C)C(=O)Cn3cc([N+](=O)[O-])cn3)cc2)cc1. The van der Waals surface area contributed by atoms with Crippen molar-refractivity contribution in [3.8, 4) is 11.5 Å². The predicted molar refractivity (Wildman–Crippen MR) is 100.0 cm³/mol. The van der Waals surface area contributed by atoms with Crippen LogP contribution in [0.2, 0.25) is 0 Å². The fraction of sp³-hybridized carbons (Fsp3) is 0.158. The third-order valence-electron chi connectivity index (χ3n) is 3.98. The van der Waals surface area contributed by atoms with Crippen LogP contribution in [0.1, 0.15) is 5.56 Å². The first-order valence-corrected chi connectivity index (χ1v) is 8.20. The lowest BCUT2D eigenvalue weighted by Crippen LogP contribution is -2.30. The van der Waals surface area contributed by atoms with E-state index in [0.29, 0.717) is 11.4 Å². The summed E-state index contributed by atoms with van der Waals surface area (Å²) < 4.78 is 7.01. The summed E-state index contributed by atoms with van der Waals surface area (Å²) in [5.74, 6) is 1.14. The second-order valence-corrected chi connectivity index (χ2v) is 6.01. The van der Waals surface area contributed by atoms with Gasteiger partial charge in [-0.25, -0.2) is 0 Å². The average Bonchev–Trinajstić information content (AvgIpc) is 3.12. The quantitative estimate of drug-likeness (QED) is 0.491. The Balaban J connectivity index is 1.63. The highest BCUT2D eigenvalue weighted by Gasteiger charge is 2.15. The second-order valence-electron chi connectivity index (χ2n) is 6.01. The van der Waals surface area contributed by atoms with Crippen LogP contribution >= 0.6 is 0 Å². The molecular formula is C19H18N4O4. The minimum Gasteiger partial charge on any atom is -0.457 e. The summed E-state index contributed by atoms with van der Waals surface area (Å²) >= 11 is 0. The van der Waals surface area contributed by atoms with E-state index in [0.717, 1.165) is 17.5 Å². The largest absolute Gasteiger partial charge is 0.457 e. The number of amides is 1. The standard InChI is InChI=1S/C19H18N4O4/c1-14-3-7-17(8-4-14)27-18-9-5-15(6-10-18)21(2)19(24)13-22-12-16(11-20-22)23(25)26/h3-12H,13H2,1-2H3. The van der Waals surface area contributed by atoms with E-state index in [1.165, 1.54) is 15.8 Å². The minimum absolute atomic E-state index is 0.0913. The van der Waals surface area contributed by atoms with Crippen LogP contribution in [-0.4, -0.2) is 27.7 Å². The number of aryl methyl sites for hydroxylation is 1. The molecule has 1 heterocycles. The van der Waals surface area contributed by atoms with Crippen LogP contribution < -0.4 is 9.64 Å². The van der Waals surface area contributed by atoms with E-state index in [2.05, 4.69) is 5.10 Å². The molecule has 0 spiro atoms. The highest BCUT2D eigenvalue weighted by Crippen LogP contribution is 2.24. The molecule has 27 heavy (non-hydrogen) atoms. The van der Waals surface area contributed by atoms with Gasteiger partial charge in [-0.1, -0.05) is 17.7 Å². The van der Waals surface area contributed by atoms with E-state index in [9.17, 15) is 14.9 Å². The van der Waals surface area contributed by atoms with Crippen molar-refractivity contribution < 1.29 is 14.5 Å². The number of carbonyl (C=O) groups is 1. The third kappa shape index (κ3) is 4.49. The number of nitrogens with zero attached hydrogens (tertiary/aromatic N) is 4. The van der Waals surface area contributed by atoms with E-state index < -0.39 is 4.92 Å². The van der Waals surface area contributed by atoms with Crippen LogP contribution in [0, 0.1) is 17.0 Å². The summed E-state index contributed by atoms with van der Waals surface area (Å²) in [6.07, 6.45) is 2.34. The van der Waals surface area contributed by atoms with Crippen molar-refractivity contribution in [3.63, 3.8) is 0 Å². The van der Waals surface area contributed by atoms with Gasteiger partial charge in [0.1, 0.15) is 30.4 Å². The molecule has 138 valence electrons. The monoisotopic (exact) mass is 366 g/mol. The van der Waals surface area contributed by atoms with Crippen LogP contribution in [0.25, 0.3) is 0 Å². The molecule has 8 nitrogen and oxygen atoms in total. The molecule has 0 aliphatic carbocycles. The molecule has 0 saturated heterocycles. The molecule has 0 fully saturated rings. The van der Waals surface area contributed by atoms with Crippen molar-refractivity contribution in [3.05, 3.63) is 76.6 Å². The van der Waals surface area contributed by atoms with Crippen LogP contribution in [-0.2, 0) is 11.3 Å². The fourth-order valence-electron chi connectivity index (χ4n) is 2.40. The van der Waals surface area contributed by atoms with Gasteiger partial charge in [0.05, 0.1) is 4.92 Å². The van der Waals surface area contributed by atoms with Crippen molar-refractivity contribution in [1.82, 2.24) is 9.78 Å². The van der Waals surface area contributed by atoms with Crippen molar-refractivity contribution in [2.45, 2.75) is 13.5 Å². The number of hydrogen-bond donors (Lipinski definition) is 0. The normalized spacial score (nSPS) is 10.4. The molecule has 0 atom stereocenters. The maximum absolute atomic E-state index is 12.4. The number of anilines is 1. The molecule has 1 aromatic heterocycles. The second kappa shape index (κ2) is 7.69. The maximum atomic E-state index is 12.4. The lowest BCUT2D eigenvalue weighted by Gasteiger charge is -2.17. The first kappa shape index (κ1) is 18.1. The van der Waals surface area contributed by atoms with E-state index >= 15 is 0 Å². The van der Waals surface area contributed by atoms with Gasteiger partial charge < -0.3 is 9.64 Å². The van der Waals surface area contributed by atoms with Gasteiger partial charge in [-0.2, -0.15) is 5.10 Å². The minimum atomic E-state index is -0.551. The van der Waals surface area contributed by atoms with Gasteiger partial charge in [0, 0.05) is 12.7 Å². The van der Waals surface area contributed by atoms with Gasteiger partial charge in [0.25, 0.3) is 0 Å². The lowest BCUT2D eigenvalue weighted by atomic mass is 10.2. The third-order valence-corrected chi connectivity index (χ3v) is 3.98. The van der Waals surface area contributed by atoms with Crippen LogP contribution in [0.15, 0.2) is 60.9 Å². The predicted octanol–water partition coefficient (Wildman–Crippen LogP) is 3.56. The van der Waals surface area contributed by atoms with E-state index in [1.54, 1.807) is 31.3 Å². The molecule has 0 bridgehead atoms. The number of ether oxygens (including phenoxy) is 1. The highest BCUT2D eigenvalue weighted by molar-refractivity contribution is 5.92. The molecule has 3 rings (SSSR count). The lowest BCUT2D eigenvalue weighted by molar-refractivity contribution is -0.385. The van der Waals surface area contributed by atoms with E-state index in [-0.39, 0.29) is 18.1 Å². The number of likely N-dealkylation sites (N-methyl/N-ethyl adjacent to an activating group) is 1. The molecule has 0 saturated carbocycles. The Labute approximate surface area is 155 Å². The summed E-state index contributed by atoms with van der Waals surface area (Å²) in [6, 6.07) is 14.8. The number of aromatic nitrogens is 2. The first-order valence-electron chi connectivity index (χ1n) is 8.20. The number of rotatable bonds is 6. The Morgan fingerprint density at radius 1 is 1.15 bits per heavy atom. The van der Waals surface area contributed by atoms with Gasteiger partial charge in [-0.05, 0) is 43.3 Å². The van der Waals surface area contributed by atoms with Gasteiger partial charge in [0.15, 0.2) is 0 Å². The van der Waals surface area contributed by atoms with Crippen LogP contribution in [0.5, 0.6) is 11.5 Å². The average molecular weight is 366 g/mol. The molecule has 0 aliphatic heterocycles. The summed E-state index contributed by atoms with van der Waals surface area (Å²) in [5.41, 5.74) is 1.68. The molecule has 2 aromatic carbocycles. The Bertz CT molecular complexity index is 949. The molecule has 0 aliphatic rings. The number of nitro groups is 1. The Morgan fingerprint density at radius 2 is 1.74 bits per heavy atom. The van der Waals surface area contributed by atoms with E-state index in [1.807, 2.05) is 31.2 Å². The molecular weight excluding hydrogens is 348 g/mol. The van der Waals surface area contributed by atoms with Gasteiger partial charge >= 0.3 is 5.69 Å². The van der Waals surface area contributed by atoms with E-state index in [4.69, 9.17) is 4.74 Å². The Kier molecular flexibility index (Phi) is 5.16. The number of hydrogen-bond acceptors (Lipinski definition) is 5. The summed E-state index contributed by atoms with van der Waals surface area (Å²) in [5, 5.41) is 14.5. The summed E-state index contributed by atoms with van der Waals surface area (Å²) in [4.78, 5) is 24.0. The molecule has 0 N–H and O–H groups in total. The molecule has 8 heteroatoms. The fourth-order valence-corrected chi connectivity index (χ4v) is 2.40. The molecule has 1 amide bonds. The van der Waals surface area contributed by atoms with Crippen molar-refractivity contribution >= 4 is 17.3 Å². The summed E-state index contributed by atoms with van der Waals surface area (Å²) in [6.45, 7) is 1.92. The first-order chi connectivity index (χ1) is 12.9. The smallest absolute Gasteiger partial charge is 0.307 e. The molecule has 0 unspecified atom stereocenters. The zero-order valence-electron chi connectivity index (χ0n) is 14.9. The summed E-state index contributed by atoms with van der Waals surface area (Å²) in [7, 11) is 1.64. The molecule has 0 radical (unpaired) electrons. The zero-order valence-corrected chi connectivity index (χ0v) is 14.9. The maximum Gasteiger partial charge on any atom is 0.307 e. The molecule has 3 aromatic rings. The van der Waals surface area contributed by atoms with Crippen molar-refractivity contribution in [1.29, 1.82) is 0 Å². The van der Waals surface area contributed by atoms with Gasteiger partial charge in [0.2, 0.25) is 5.91 Å². The Hall–Kier alpha value is -3.68. The van der Waals surface area contributed by atoms with Gasteiger partial charge in [-0.3, -0.25) is 19.6 Å². The van der Waals surface area contributed by atoms with Crippen molar-refractivity contribution in [2.75, 3.05) is 11.9 Å². The zero-order chi connectivity index (χ0) is 19.4. The topological polar surface area (TPSA) is 90.5 Å². The van der Waals surface area contributed by atoms with Crippen LogP contribution in [0.4, 0.5) is 11.4 Å². The van der Waals surface area contributed by atoms with Crippen LogP contribution in [0.3, 0.4) is 0 Å². The number of carbonyl (C=O) groups excluding carboxylic acids is 1. The number of benzene rings is 2. The van der Waals surface area contributed by atoms with Gasteiger partial charge in [-0.15, -0.1) is 0 Å². The Morgan fingerprint density at radius 3 is 2.30 bits per heavy atom. The van der Waals surface area contributed by atoms with Crippen molar-refractivity contribution in [2.24, 2.45) is 0 Å². The highest BCUT2D eigenvalue weighted by atomic mass is 16.6.